The lowest BCUT2D eigenvalue weighted by Gasteiger charge is -2.05. The Labute approximate surface area is 101 Å². The van der Waals surface area contributed by atoms with Crippen molar-refractivity contribution in [3.05, 3.63) is 47.0 Å². The number of pyridine rings is 1. The first kappa shape index (κ1) is 12.2. The lowest BCUT2D eigenvalue weighted by Crippen LogP contribution is -2.24. The van der Waals surface area contributed by atoms with Gasteiger partial charge in [-0.05, 0) is 13.0 Å². The Kier molecular flexibility index (Phi) is 3.31. The van der Waals surface area contributed by atoms with Crippen molar-refractivity contribution in [3.63, 3.8) is 0 Å². The second-order valence-corrected chi connectivity index (χ2v) is 3.67. The van der Waals surface area contributed by atoms with E-state index < -0.39 is 17.7 Å². The quantitative estimate of drug-likeness (QED) is 0.809. The van der Waals surface area contributed by atoms with Crippen LogP contribution in [-0.2, 0) is 6.54 Å². The normalized spacial score (nSPS) is 10.4. The summed E-state index contributed by atoms with van der Waals surface area (Å²) >= 11 is 0. The highest BCUT2D eigenvalue weighted by molar-refractivity contribution is 5.94. The Morgan fingerprint density at radius 2 is 2.28 bits per heavy atom. The fraction of sp³-hybridized carbons (Fsp3) is 0.182. The first-order valence-electron chi connectivity index (χ1n) is 5.16. The van der Waals surface area contributed by atoms with Crippen molar-refractivity contribution >= 4 is 5.91 Å². The van der Waals surface area contributed by atoms with Gasteiger partial charge >= 0.3 is 0 Å². The molecule has 7 heteroatoms. The summed E-state index contributed by atoms with van der Waals surface area (Å²) in [7, 11) is 0. The number of hydrogen-bond donors (Lipinski definition) is 2. The van der Waals surface area contributed by atoms with E-state index in [2.05, 4.69) is 20.5 Å². The summed E-state index contributed by atoms with van der Waals surface area (Å²) in [5.74, 6) is -3.24. The van der Waals surface area contributed by atoms with Crippen LogP contribution < -0.4 is 5.32 Å². The molecule has 0 aliphatic rings. The van der Waals surface area contributed by atoms with Gasteiger partial charge in [0.05, 0.1) is 11.8 Å². The number of rotatable bonds is 3. The van der Waals surface area contributed by atoms with Gasteiger partial charge in [0.15, 0.2) is 5.82 Å². The van der Waals surface area contributed by atoms with Crippen LogP contribution in [0.5, 0.6) is 0 Å². The van der Waals surface area contributed by atoms with Gasteiger partial charge in [0.1, 0.15) is 0 Å². The lowest BCUT2D eigenvalue weighted by molar-refractivity contribution is 0.0945. The number of carbonyl (C=O) groups is 1. The molecule has 0 bridgehead atoms. The summed E-state index contributed by atoms with van der Waals surface area (Å²) in [6, 6.07) is 1.12. The highest BCUT2D eigenvalue weighted by atomic mass is 19.2. The van der Waals surface area contributed by atoms with E-state index in [1.165, 1.54) is 0 Å². The SMILES string of the molecule is Cc1[nH]ncc1CNC(=O)c1ccnc(F)c1F. The van der Waals surface area contributed by atoms with Gasteiger partial charge < -0.3 is 5.32 Å². The van der Waals surface area contributed by atoms with E-state index in [9.17, 15) is 13.6 Å². The zero-order chi connectivity index (χ0) is 13.1. The molecule has 2 aromatic heterocycles. The Morgan fingerprint density at radius 1 is 1.50 bits per heavy atom. The van der Waals surface area contributed by atoms with E-state index in [1.807, 2.05) is 0 Å². The van der Waals surface area contributed by atoms with Crippen molar-refractivity contribution in [1.29, 1.82) is 0 Å². The molecule has 2 aromatic rings. The van der Waals surface area contributed by atoms with Crippen LogP contribution in [0, 0.1) is 18.7 Å². The number of nitrogens with one attached hydrogen (secondary N) is 2. The fourth-order valence-electron chi connectivity index (χ4n) is 1.42. The first-order valence-corrected chi connectivity index (χ1v) is 5.16. The summed E-state index contributed by atoms with van der Waals surface area (Å²) in [5.41, 5.74) is 1.21. The third-order valence-electron chi connectivity index (χ3n) is 2.47. The topological polar surface area (TPSA) is 70.7 Å². The number of nitrogens with zero attached hydrogens (tertiary/aromatic N) is 2. The average Bonchev–Trinajstić information content (AvgIpc) is 2.75. The predicted molar refractivity (Wildman–Crippen MR) is 58.6 cm³/mol. The number of amides is 1. The van der Waals surface area contributed by atoms with Crippen molar-refractivity contribution < 1.29 is 13.6 Å². The predicted octanol–water partition coefficient (Wildman–Crippen LogP) is 1.32. The van der Waals surface area contributed by atoms with Crippen molar-refractivity contribution in [1.82, 2.24) is 20.5 Å². The fourth-order valence-corrected chi connectivity index (χ4v) is 1.42. The van der Waals surface area contributed by atoms with Gasteiger partial charge in [-0.1, -0.05) is 0 Å². The molecule has 0 spiro atoms. The summed E-state index contributed by atoms with van der Waals surface area (Å²) in [6.07, 6.45) is 2.59. The molecule has 94 valence electrons. The standard InChI is InChI=1S/C11H10F2N4O/c1-6-7(5-16-17-6)4-15-11(18)8-2-3-14-10(13)9(8)12/h2-3,5H,4H2,1H3,(H,15,18)(H,16,17). The maximum atomic E-state index is 13.3. The molecular weight excluding hydrogens is 242 g/mol. The minimum atomic E-state index is -1.29. The molecule has 0 radical (unpaired) electrons. The van der Waals surface area contributed by atoms with Gasteiger partial charge in [-0.15, -0.1) is 0 Å². The molecule has 2 N–H and O–H groups in total. The summed E-state index contributed by atoms with van der Waals surface area (Å²) in [6.45, 7) is 1.98. The van der Waals surface area contributed by atoms with Crippen LogP contribution in [0.25, 0.3) is 0 Å². The van der Waals surface area contributed by atoms with Crippen LogP contribution in [0.4, 0.5) is 8.78 Å². The molecular formula is C11H10F2N4O. The molecule has 0 saturated heterocycles. The highest BCUT2D eigenvalue weighted by Crippen LogP contribution is 2.09. The van der Waals surface area contributed by atoms with E-state index in [0.29, 0.717) is 0 Å². The van der Waals surface area contributed by atoms with Crippen LogP contribution >= 0.6 is 0 Å². The third-order valence-corrected chi connectivity index (χ3v) is 2.47. The van der Waals surface area contributed by atoms with Crippen LogP contribution in [-0.4, -0.2) is 21.1 Å². The molecule has 0 saturated carbocycles. The van der Waals surface area contributed by atoms with Crippen LogP contribution in [0.15, 0.2) is 18.5 Å². The molecule has 0 aliphatic heterocycles. The molecule has 0 aliphatic carbocycles. The molecule has 0 aromatic carbocycles. The van der Waals surface area contributed by atoms with Crippen molar-refractivity contribution in [3.8, 4) is 0 Å². The van der Waals surface area contributed by atoms with Crippen LogP contribution in [0.1, 0.15) is 21.6 Å². The first-order chi connectivity index (χ1) is 8.59. The number of aryl methyl sites for hydroxylation is 1. The number of carbonyl (C=O) groups excluding carboxylic acids is 1. The van der Waals surface area contributed by atoms with Gasteiger partial charge in [0.25, 0.3) is 5.91 Å². The van der Waals surface area contributed by atoms with Gasteiger partial charge in [-0.2, -0.15) is 9.49 Å². The average molecular weight is 252 g/mol. The van der Waals surface area contributed by atoms with Gasteiger partial charge in [-0.3, -0.25) is 9.89 Å². The van der Waals surface area contributed by atoms with Gasteiger partial charge in [-0.25, -0.2) is 9.37 Å². The number of hydrogen-bond acceptors (Lipinski definition) is 3. The molecule has 0 fully saturated rings. The number of H-pyrrole nitrogens is 1. The number of halogens is 2. The highest BCUT2D eigenvalue weighted by Gasteiger charge is 2.16. The third kappa shape index (κ3) is 2.34. The monoisotopic (exact) mass is 252 g/mol. The Hall–Kier alpha value is -2.31. The Morgan fingerprint density at radius 3 is 2.94 bits per heavy atom. The minimum Gasteiger partial charge on any atom is -0.348 e. The molecule has 2 heterocycles. The molecule has 2 rings (SSSR count). The molecule has 0 unspecified atom stereocenters. The molecule has 18 heavy (non-hydrogen) atoms. The number of aromatic nitrogens is 3. The van der Waals surface area contributed by atoms with Gasteiger partial charge in [0.2, 0.25) is 5.95 Å². The lowest BCUT2D eigenvalue weighted by atomic mass is 10.2. The zero-order valence-electron chi connectivity index (χ0n) is 9.50. The Bertz CT molecular complexity index is 582. The van der Waals surface area contributed by atoms with E-state index >= 15 is 0 Å². The van der Waals surface area contributed by atoms with Gasteiger partial charge in [0, 0.05) is 24.0 Å². The number of aromatic amines is 1. The van der Waals surface area contributed by atoms with Crippen molar-refractivity contribution in [2.45, 2.75) is 13.5 Å². The van der Waals surface area contributed by atoms with Crippen molar-refractivity contribution in [2.24, 2.45) is 0 Å². The van der Waals surface area contributed by atoms with Crippen LogP contribution in [0.2, 0.25) is 0 Å². The second kappa shape index (κ2) is 4.91. The second-order valence-electron chi connectivity index (χ2n) is 3.67. The molecule has 1 amide bonds. The zero-order valence-corrected chi connectivity index (χ0v) is 9.50. The van der Waals surface area contributed by atoms with E-state index in [-0.39, 0.29) is 12.1 Å². The van der Waals surface area contributed by atoms with E-state index in [0.717, 1.165) is 23.5 Å². The molecule has 5 nitrogen and oxygen atoms in total. The van der Waals surface area contributed by atoms with Crippen molar-refractivity contribution in [2.75, 3.05) is 0 Å². The minimum absolute atomic E-state index is 0.185. The maximum Gasteiger partial charge on any atom is 0.254 e. The summed E-state index contributed by atoms with van der Waals surface area (Å²) in [4.78, 5) is 14.8. The van der Waals surface area contributed by atoms with E-state index in [1.54, 1.807) is 13.1 Å². The largest absolute Gasteiger partial charge is 0.348 e. The summed E-state index contributed by atoms with van der Waals surface area (Å²) < 4.78 is 26.1. The maximum absolute atomic E-state index is 13.3. The van der Waals surface area contributed by atoms with E-state index in [4.69, 9.17) is 0 Å². The molecule has 0 atom stereocenters. The van der Waals surface area contributed by atoms with Crippen LogP contribution in [0.3, 0.4) is 0 Å². The Balaban J connectivity index is 2.09. The summed E-state index contributed by atoms with van der Waals surface area (Å²) in [5, 5.41) is 8.97. The smallest absolute Gasteiger partial charge is 0.254 e.